The fraction of sp³-hybridized carbons (Fsp3) is 0. The molecule has 0 saturated carbocycles. The molecule has 3 rings (SSSR count). The molecule has 4 heteroatoms. The van der Waals surface area contributed by atoms with Gasteiger partial charge in [-0.1, -0.05) is 42.5 Å². The molecule has 0 amide bonds. The van der Waals surface area contributed by atoms with E-state index in [9.17, 15) is 4.79 Å². The van der Waals surface area contributed by atoms with Gasteiger partial charge >= 0.3 is 7.12 Å². The topological polar surface area (TPSA) is 57.5 Å². The van der Waals surface area contributed by atoms with E-state index in [1.54, 1.807) is 24.3 Å². The van der Waals surface area contributed by atoms with Gasteiger partial charge in [0, 0.05) is 11.1 Å². The molecule has 0 spiro atoms. The highest BCUT2D eigenvalue weighted by molar-refractivity contribution is 6.58. The average Bonchev–Trinajstić information content (AvgIpc) is 2.64. The van der Waals surface area contributed by atoms with Crippen LogP contribution in [0.25, 0.3) is 11.1 Å². The van der Waals surface area contributed by atoms with Crippen molar-refractivity contribution >= 4 is 18.4 Å². The Morgan fingerprint density at radius 1 is 0.824 bits per heavy atom. The Kier molecular flexibility index (Phi) is 2.14. The minimum Gasteiger partial charge on any atom is -0.423 e. The fourth-order valence-electron chi connectivity index (χ4n) is 2.20. The van der Waals surface area contributed by atoms with Crippen LogP contribution in [0.5, 0.6) is 0 Å². The van der Waals surface area contributed by atoms with Gasteiger partial charge in [0.25, 0.3) is 0 Å². The summed E-state index contributed by atoms with van der Waals surface area (Å²) in [5, 5.41) is 18.3. The molecular weight excluding hydrogens is 215 g/mol. The Morgan fingerprint density at radius 3 is 2.18 bits per heavy atom. The van der Waals surface area contributed by atoms with Crippen LogP contribution < -0.4 is 5.46 Å². The molecule has 2 aromatic rings. The van der Waals surface area contributed by atoms with Crippen LogP contribution in [0.4, 0.5) is 0 Å². The lowest BCUT2D eigenvalue weighted by molar-refractivity contribution is 0.104. The first-order valence-corrected chi connectivity index (χ1v) is 5.32. The third kappa shape index (κ3) is 1.42. The number of hydrogen-bond donors (Lipinski definition) is 2. The van der Waals surface area contributed by atoms with Gasteiger partial charge in [-0.2, -0.15) is 0 Å². The SMILES string of the molecule is O=C1c2ccccc2-c2cc(B(O)O)ccc21. The maximum absolute atomic E-state index is 12.0. The Labute approximate surface area is 98.5 Å². The van der Waals surface area contributed by atoms with Crippen molar-refractivity contribution in [2.75, 3.05) is 0 Å². The van der Waals surface area contributed by atoms with Gasteiger partial charge in [0.2, 0.25) is 0 Å². The van der Waals surface area contributed by atoms with Crippen molar-refractivity contribution in [3.63, 3.8) is 0 Å². The van der Waals surface area contributed by atoms with Crippen molar-refractivity contribution in [2.24, 2.45) is 0 Å². The molecule has 2 N–H and O–H groups in total. The van der Waals surface area contributed by atoms with Crippen molar-refractivity contribution in [3.8, 4) is 11.1 Å². The van der Waals surface area contributed by atoms with Crippen molar-refractivity contribution < 1.29 is 14.8 Å². The van der Waals surface area contributed by atoms with Crippen LogP contribution in [0.2, 0.25) is 0 Å². The third-order valence-corrected chi connectivity index (χ3v) is 3.05. The Balaban J connectivity index is 2.27. The van der Waals surface area contributed by atoms with E-state index in [1.807, 2.05) is 18.2 Å². The minimum absolute atomic E-state index is 0.00502. The van der Waals surface area contributed by atoms with Gasteiger partial charge in [0.1, 0.15) is 0 Å². The molecule has 0 atom stereocenters. The highest BCUT2D eigenvalue weighted by Gasteiger charge is 2.27. The summed E-state index contributed by atoms with van der Waals surface area (Å²) in [7, 11) is -1.51. The van der Waals surface area contributed by atoms with Crippen LogP contribution >= 0.6 is 0 Å². The van der Waals surface area contributed by atoms with E-state index in [4.69, 9.17) is 10.0 Å². The fourth-order valence-corrected chi connectivity index (χ4v) is 2.20. The molecule has 1 aliphatic rings. The van der Waals surface area contributed by atoms with Gasteiger partial charge in [-0.05, 0) is 16.6 Å². The lowest BCUT2D eigenvalue weighted by atomic mass is 9.79. The lowest BCUT2D eigenvalue weighted by Crippen LogP contribution is -2.29. The lowest BCUT2D eigenvalue weighted by Gasteiger charge is -2.03. The first kappa shape index (κ1) is 10.3. The summed E-state index contributed by atoms with van der Waals surface area (Å²) in [5.41, 5.74) is 3.32. The molecule has 0 aromatic heterocycles. The third-order valence-electron chi connectivity index (χ3n) is 3.05. The molecule has 2 aromatic carbocycles. The number of ketones is 1. The summed E-state index contributed by atoms with van der Waals surface area (Å²) in [6.45, 7) is 0. The largest absolute Gasteiger partial charge is 0.488 e. The zero-order valence-corrected chi connectivity index (χ0v) is 8.92. The highest BCUT2D eigenvalue weighted by atomic mass is 16.4. The molecule has 0 heterocycles. The van der Waals surface area contributed by atoms with Gasteiger partial charge in [-0.25, -0.2) is 0 Å². The average molecular weight is 224 g/mol. The second kappa shape index (κ2) is 3.55. The van der Waals surface area contributed by atoms with Crippen LogP contribution in [-0.2, 0) is 0 Å². The summed E-state index contributed by atoms with van der Waals surface area (Å²) in [4.78, 5) is 12.0. The second-order valence-corrected chi connectivity index (χ2v) is 4.05. The summed E-state index contributed by atoms with van der Waals surface area (Å²) >= 11 is 0. The smallest absolute Gasteiger partial charge is 0.423 e. The van der Waals surface area contributed by atoms with E-state index in [-0.39, 0.29) is 5.78 Å². The Bertz CT molecular complexity index is 620. The van der Waals surface area contributed by atoms with Crippen molar-refractivity contribution in [2.45, 2.75) is 0 Å². The molecule has 82 valence electrons. The summed E-state index contributed by atoms with van der Waals surface area (Å²) in [6.07, 6.45) is 0. The number of carbonyl (C=O) groups is 1. The van der Waals surface area contributed by atoms with Crippen LogP contribution in [0.3, 0.4) is 0 Å². The van der Waals surface area contributed by atoms with Gasteiger partial charge in [0.15, 0.2) is 5.78 Å². The monoisotopic (exact) mass is 224 g/mol. The predicted molar refractivity (Wildman–Crippen MR) is 65.1 cm³/mol. The minimum atomic E-state index is -1.51. The predicted octanol–water partition coefficient (Wildman–Crippen LogP) is 0.578. The molecule has 0 fully saturated rings. The van der Waals surface area contributed by atoms with Crippen molar-refractivity contribution in [1.29, 1.82) is 0 Å². The van der Waals surface area contributed by atoms with Gasteiger partial charge < -0.3 is 10.0 Å². The first-order chi connectivity index (χ1) is 8.18. The van der Waals surface area contributed by atoms with Gasteiger partial charge in [0.05, 0.1) is 0 Å². The van der Waals surface area contributed by atoms with Crippen molar-refractivity contribution in [3.05, 3.63) is 53.6 Å². The van der Waals surface area contributed by atoms with Crippen LogP contribution in [0.1, 0.15) is 15.9 Å². The van der Waals surface area contributed by atoms with Crippen LogP contribution in [-0.4, -0.2) is 22.9 Å². The number of hydrogen-bond acceptors (Lipinski definition) is 3. The van der Waals surface area contributed by atoms with Crippen molar-refractivity contribution in [1.82, 2.24) is 0 Å². The first-order valence-electron chi connectivity index (χ1n) is 5.32. The molecule has 0 radical (unpaired) electrons. The molecule has 17 heavy (non-hydrogen) atoms. The zero-order chi connectivity index (χ0) is 12.0. The quantitative estimate of drug-likeness (QED) is 0.594. The summed E-state index contributed by atoms with van der Waals surface area (Å²) in [5.74, 6) is -0.00502. The van der Waals surface area contributed by atoms with Gasteiger partial charge in [-0.15, -0.1) is 0 Å². The van der Waals surface area contributed by atoms with E-state index in [0.29, 0.717) is 16.6 Å². The maximum atomic E-state index is 12.0. The van der Waals surface area contributed by atoms with E-state index < -0.39 is 7.12 Å². The molecule has 0 bridgehead atoms. The highest BCUT2D eigenvalue weighted by Crippen LogP contribution is 2.35. The number of carbonyl (C=O) groups excluding carboxylic acids is 1. The van der Waals surface area contributed by atoms with E-state index in [1.165, 1.54) is 0 Å². The van der Waals surface area contributed by atoms with E-state index in [0.717, 1.165) is 11.1 Å². The van der Waals surface area contributed by atoms with E-state index >= 15 is 0 Å². The van der Waals surface area contributed by atoms with Crippen LogP contribution in [0, 0.1) is 0 Å². The summed E-state index contributed by atoms with van der Waals surface area (Å²) in [6, 6.07) is 12.2. The number of fused-ring (bicyclic) bond motifs is 3. The second-order valence-electron chi connectivity index (χ2n) is 4.05. The standard InChI is InChI=1S/C13H9BO3/c15-13-10-4-2-1-3-9(10)12-7-8(14(16)17)5-6-11(12)13/h1-7,16-17H. The number of benzene rings is 2. The Morgan fingerprint density at radius 2 is 1.47 bits per heavy atom. The Hall–Kier alpha value is -1.91. The molecule has 0 unspecified atom stereocenters. The molecule has 3 nitrogen and oxygen atoms in total. The van der Waals surface area contributed by atoms with Gasteiger partial charge in [-0.3, -0.25) is 4.79 Å². The molecule has 0 saturated heterocycles. The normalized spacial score (nSPS) is 12.2. The number of rotatable bonds is 1. The zero-order valence-electron chi connectivity index (χ0n) is 8.92. The summed E-state index contributed by atoms with van der Waals surface area (Å²) < 4.78 is 0. The molecule has 1 aliphatic carbocycles. The van der Waals surface area contributed by atoms with Crippen LogP contribution in [0.15, 0.2) is 42.5 Å². The molecule has 0 aliphatic heterocycles. The van der Waals surface area contributed by atoms with E-state index in [2.05, 4.69) is 0 Å². The molecular formula is C13H9BO3. The maximum Gasteiger partial charge on any atom is 0.488 e.